The largest absolute Gasteiger partial charge is 0.302 e. The molecule has 0 saturated carbocycles. The van der Waals surface area contributed by atoms with Gasteiger partial charge in [-0.2, -0.15) is 5.26 Å². The van der Waals surface area contributed by atoms with Gasteiger partial charge in [-0.05, 0) is 53.8 Å². The molecule has 1 aliphatic rings. The number of nitriles is 1. The molecule has 0 bridgehead atoms. The summed E-state index contributed by atoms with van der Waals surface area (Å²) < 4.78 is 0. The number of likely N-dealkylation sites (N-methyl/N-ethyl adjacent to an activating group) is 1. The first-order chi connectivity index (χ1) is 8.89. The third-order valence-electron chi connectivity index (χ3n) is 4.77. The van der Waals surface area contributed by atoms with Gasteiger partial charge in [0, 0.05) is 25.2 Å². The molecule has 1 saturated heterocycles. The SMILES string of the molecule is CCC(C#N)(CCCN1CCN(C)C(C)(C)C1)NC. The van der Waals surface area contributed by atoms with Gasteiger partial charge in [0.2, 0.25) is 0 Å². The van der Waals surface area contributed by atoms with Crippen LogP contribution in [-0.4, -0.2) is 61.2 Å². The predicted octanol–water partition coefficient (Wildman–Crippen LogP) is 1.68. The summed E-state index contributed by atoms with van der Waals surface area (Å²) in [4.78, 5) is 4.97. The van der Waals surface area contributed by atoms with Crippen molar-refractivity contribution in [2.24, 2.45) is 0 Å². The van der Waals surface area contributed by atoms with Crippen LogP contribution in [0.25, 0.3) is 0 Å². The number of hydrogen-bond acceptors (Lipinski definition) is 4. The Morgan fingerprint density at radius 3 is 2.53 bits per heavy atom. The molecular weight excluding hydrogens is 236 g/mol. The summed E-state index contributed by atoms with van der Waals surface area (Å²) in [5.74, 6) is 0. The van der Waals surface area contributed by atoms with Crippen LogP contribution in [0, 0.1) is 11.3 Å². The van der Waals surface area contributed by atoms with Crippen LogP contribution in [0.5, 0.6) is 0 Å². The van der Waals surface area contributed by atoms with Gasteiger partial charge in [-0.3, -0.25) is 4.90 Å². The van der Waals surface area contributed by atoms with Crippen molar-refractivity contribution in [1.82, 2.24) is 15.1 Å². The molecule has 0 aromatic carbocycles. The Hall–Kier alpha value is -0.630. The molecular formula is C15H30N4. The average Bonchev–Trinajstić information content (AvgIpc) is 2.39. The van der Waals surface area contributed by atoms with Gasteiger partial charge in [-0.15, -0.1) is 0 Å². The van der Waals surface area contributed by atoms with Gasteiger partial charge in [0.1, 0.15) is 5.54 Å². The van der Waals surface area contributed by atoms with Crippen molar-refractivity contribution in [3.63, 3.8) is 0 Å². The number of hydrogen-bond donors (Lipinski definition) is 1. The Morgan fingerprint density at radius 1 is 1.37 bits per heavy atom. The Labute approximate surface area is 118 Å². The molecule has 0 aliphatic carbocycles. The van der Waals surface area contributed by atoms with Crippen LogP contribution in [-0.2, 0) is 0 Å². The summed E-state index contributed by atoms with van der Waals surface area (Å²) in [7, 11) is 4.10. The molecule has 1 rings (SSSR count). The Morgan fingerprint density at radius 2 is 2.05 bits per heavy atom. The van der Waals surface area contributed by atoms with E-state index in [0.717, 1.165) is 45.4 Å². The van der Waals surface area contributed by atoms with Gasteiger partial charge in [-0.25, -0.2) is 0 Å². The van der Waals surface area contributed by atoms with Gasteiger partial charge in [0.15, 0.2) is 0 Å². The predicted molar refractivity (Wildman–Crippen MR) is 80.1 cm³/mol. The van der Waals surface area contributed by atoms with Gasteiger partial charge in [0.05, 0.1) is 6.07 Å². The molecule has 4 heteroatoms. The average molecular weight is 266 g/mol. The van der Waals surface area contributed by atoms with E-state index in [1.54, 1.807) is 0 Å². The van der Waals surface area contributed by atoms with Crippen molar-refractivity contribution in [3.8, 4) is 6.07 Å². The van der Waals surface area contributed by atoms with Crippen molar-refractivity contribution in [2.45, 2.75) is 51.1 Å². The van der Waals surface area contributed by atoms with E-state index in [1.807, 2.05) is 7.05 Å². The van der Waals surface area contributed by atoms with E-state index < -0.39 is 0 Å². The summed E-state index contributed by atoms with van der Waals surface area (Å²) in [5.41, 5.74) is -0.0690. The standard InChI is InChI=1S/C15H30N4/c1-6-15(12-16,17-4)8-7-9-19-11-10-18(5)14(2,3)13-19/h17H,6-11,13H2,1-5H3. The first-order valence-electron chi connectivity index (χ1n) is 7.43. The molecule has 1 fully saturated rings. The topological polar surface area (TPSA) is 42.3 Å². The molecule has 4 nitrogen and oxygen atoms in total. The van der Waals surface area contributed by atoms with Crippen LogP contribution in [0.15, 0.2) is 0 Å². The molecule has 1 atom stereocenters. The van der Waals surface area contributed by atoms with Crippen LogP contribution >= 0.6 is 0 Å². The van der Waals surface area contributed by atoms with Gasteiger partial charge in [0.25, 0.3) is 0 Å². The van der Waals surface area contributed by atoms with Gasteiger partial charge in [-0.1, -0.05) is 6.92 Å². The maximum absolute atomic E-state index is 9.30. The minimum Gasteiger partial charge on any atom is -0.302 e. The first kappa shape index (κ1) is 16.4. The van der Waals surface area contributed by atoms with Crippen molar-refractivity contribution >= 4 is 0 Å². The van der Waals surface area contributed by atoms with Crippen LogP contribution in [0.3, 0.4) is 0 Å². The fraction of sp³-hybridized carbons (Fsp3) is 0.933. The van der Waals surface area contributed by atoms with E-state index in [9.17, 15) is 5.26 Å². The van der Waals surface area contributed by atoms with E-state index >= 15 is 0 Å². The molecule has 1 aliphatic heterocycles. The zero-order valence-corrected chi connectivity index (χ0v) is 13.3. The van der Waals surface area contributed by atoms with E-state index in [4.69, 9.17) is 0 Å². The molecule has 1 heterocycles. The van der Waals surface area contributed by atoms with E-state index in [1.165, 1.54) is 0 Å². The zero-order valence-electron chi connectivity index (χ0n) is 13.3. The maximum Gasteiger partial charge on any atom is 0.106 e. The number of piperazine rings is 1. The highest BCUT2D eigenvalue weighted by Crippen LogP contribution is 2.21. The zero-order chi connectivity index (χ0) is 14.5. The Kier molecular flexibility index (Phi) is 5.79. The molecule has 0 amide bonds. The monoisotopic (exact) mass is 266 g/mol. The molecule has 110 valence electrons. The fourth-order valence-electron chi connectivity index (χ4n) is 2.81. The molecule has 1 unspecified atom stereocenters. The number of nitrogens with zero attached hydrogens (tertiary/aromatic N) is 3. The maximum atomic E-state index is 9.30. The molecule has 0 spiro atoms. The van der Waals surface area contributed by atoms with Crippen LogP contribution in [0.2, 0.25) is 0 Å². The Balaban J connectivity index is 2.40. The second-order valence-electron chi connectivity index (χ2n) is 6.41. The third kappa shape index (κ3) is 4.17. The number of rotatable bonds is 6. The minimum atomic E-state index is -0.331. The van der Waals surface area contributed by atoms with E-state index in [0.29, 0.717) is 0 Å². The lowest BCUT2D eigenvalue weighted by atomic mass is 9.92. The normalized spacial score (nSPS) is 23.8. The first-order valence-corrected chi connectivity index (χ1v) is 7.43. The molecule has 0 radical (unpaired) electrons. The van der Waals surface area contributed by atoms with Gasteiger partial charge >= 0.3 is 0 Å². The lowest BCUT2D eigenvalue weighted by Crippen LogP contribution is -2.57. The van der Waals surface area contributed by atoms with E-state index in [-0.39, 0.29) is 11.1 Å². The van der Waals surface area contributed by atoms with Crippen molar-refractivity contribution in [2.75, 3.05) is 40.3 Å². The summed E-state index contributed by atoms with van der Waals surface area (Å²) in [6.45, 7) is 11.2. The summed E-state index contributed by atoms with van der Waals surface area (Å²) in [6, 6.07) is 2.44. The third-order valence-corrected chi connectivity index (χ3v) is 4.77. The summed E-state index contributed by atoms with van der Waals surface area (Å²) >= 11 is 0. The summed E-state index contributed by atoms with van der Waals surface area (Å²) in [5, 5.41) is 12.5. The second-order valence-corrected chi connectivity index (χ2v) is 6.41. The van der Waals surface area contributed by atoms with Crippen molar-refractivity contribution < 1.29 is 0 Å². The molecule has 1 N–H and O–H groups in total. The highest BCUT2D eigenvalue weighted by Gasteiger charge is 2.31. The Bertz CT molecular complexity index is 315. The van der Waals surface area contributed by atoms with Gasteiger partial charge < -0.3 is 10.2 Å². The lowest BCUT2D eigenvalue weighted by Gasteiger charge is -2.45. The lowest BCUT2D eigenvalue weighted by molar-refractivity contribution is 0.0386. The molecule has 0 aromatic rings. The fourth-order valence-corrected chi connectivity index (χ4v) is 2.81. The van der Waals surface area contributed by atoms with Crippen LogP contribution in [0.4, 0.5) is 0 Å². The molecule has 19 heavy (non-hydrogen) atoms. The van der Waals surface area contributed by atoms with Crippen LogP contribution < -0.4 is 5.32 Å². The smallest absolute Gasteiger partial charge is 0.106 e. The highest BCUT2D eigenvalue weighted by molar-refractivity contribution is 5.05. The van der Waals surface area contributed by atoms with Crippen molar-refractivity contribution in [1.29, 1.82) is 5.26 Å². The molecule has 0 aromatic heterocycles. The minimum absolute atomic E-state index is 0.262. The highest BCUT2D eigenvalue weighted by atomic mass is 15.3. The summed E-state index contributed by atoms with van der Waals surface area (Å²) in [6.07, 6.45) is 2.89. The van der Waals surface area contributed by atoms with E-state index in [2.05, 4.69) is 49.0 Å². The number of nitrogens with one attached hydrogen (secondary N) is 1. The second kappa shape index (κ2) is 6.69. The van der Waals surface area contributed by atoms with Crippen LogP contribution in [0.1, 0.15) is 40.0 Å². The van der Waals surface area contributed by atoms with Crippen molar-refractivity contribution in [3.05, 3.63) is 0 Å². The quantitative estimate of drug-likeness (QED) is 0.794.